The average molecular weight is 356 g/mol. The Morgan fingerprint density at radius 2 is 1.25 bits per heavy atom. The van der Waals surface area contributed by atoms with E-state index in [1.807, 2.05) is 0 Å². The monoisotopic (exact) mass is 356 g/mol. The first-order valence-corrected chi connectivity index (χ1v) is 7.53. The van der Waals surface area contributed by atoms with Gasteiger partial charge in [0.1, 0.15) is 6.10 Å². The zero-order chi connectivity index (χ0) is 19.4. The molecule has 0 rings (SSSR count). The van der Waals surface area contributed by atoms with Gasteiger partial charge in [0, 0.05) is 6.42 Å². The zero-order valence-electron chi connectivity index (χ0n) is 13.7. The van der Waals surface area contributed by atoms with Crippen LogP contribution in [0, 0.1) is 0 Å². The first-order chi connectivity index (χ1) is 11.0. The minimum atomic E-state index is -1.91. The summed E-state index contributed by atoms with van der Waals surface area (Å²) in [5, 5.41) is 70.1. The van der Waals surface area contributed by atoms with E-state index < -0.39 is 48.6 Å². The third kappa shape index (κ3) is 10.5. The smallest absolute Gasteiger partial charge is 0.335 e. The number of carbonyl (C=O) groups is 2. The highest BCUT2D eigenvalue weighted by molar-refractivity contribution is 5.73. The fourth-order valence-corrected chi connectivity index (χ4v) is 1.56. The lowest BCUT2D eigenvalue weighted by atomic mass is 10.0. The summed E-state index contributed by atoms with van der Waals surface area (Å²) in [5.74, 6) is -3.01. The van der Waals surface area contributed by atoms with Gasteiger partial charge in [0.15, 0.2) is 12.2 Å². The standard InChI is InChI=1S/2C7H14O5/c1-2-4(8)3-5(9)6(10)7(11)12;1-2-3-4(8)5(9)6(10)7(11)12/h2*4-6,8-10H,2-3H2,1H3,(H,11,12). The Bertz CT molecular complexity index is 361. The number of rotatable bonds is 10. The van der Waals surface area contributed by atoms with Crippen LogP contribution in [-0.4, -0.2) is 89.4 Å². The van der Waals surface area contributed by atoms with Gasteiger partial charge in [-0.2, -0.15) is 0 Å². The summed E-state index contributed by atoms with van der Waals surface area (Å²) in [6.07, 6.45) is -7.50. The van der Waals surface area contributed by atoms with E-state index in [0.717, 1.165) is 0 Å². The third-order valence-electron chi connectivity index (χ3n) is 3.16. The van der Waals surface area contributed by atoms with E-state index >= 15 is 0 Å². The molecule has 0 aliphatic rings. The summed E-state index contributed by atoms with van der Waals surface area (Å²) in [7, 11) is 0. The topological polar surface area (TPSA) is 196 Å². The van der Waals surface area contributed by atoms with Crippen LogP contribution in [0.25, 0.3) is 0 Å². The van der Waals surface area contributed by atoms with E-state index in [0.29, 0.717) is 12.8 Å². The summed E-state index contributed by atoms with van der Waals surface area (Å²) in [4.78, 5) is 20.2. The summed E-state index contributed by atoms with van der Waals surface area (Å²) >= 11 is 0. The molecular weight excluding hydrogens is 328 g/mol. The lowest BCUT2D eigenvalue weighted by Crippen LogP contribution is -2.42. The Kier molecular flexibility index (Phi) is 13.6. The van der Waals surface area contributed by atoms with Crippen LogP contribution in [0.4, 0.5) is 0 Å². The van der Waals surface area contributed by atoms with Gasteiger partial charge in [0.2, 0.25) is 0 Å². The minimum absolute atomic E-state index is 0.121. The average Bonchev–Trinajstić information content (AvgIpc) is 2.52. The maximum absolute atomic E-state index is 10.1. The molecule has 0 aliphatic heterocycles. The molecule has 0 saturated carbocycles. The van der Waals surface area contributed by atoms with Crippen LogP contribution in [0.1, 0.15) is 39.5 Å². The number of hydrogen-bond acceptors (Lipinski definition) is 8. The highest BCUT2D eigenvalue weighted by Gasteiger charge is 2.29. The van der Waals surface area contributed by atoms with Gasteiger partial charge >= 0.3 is 11.9 Å². The quantitative estimate of drug-likeness (QED) is 0.215. The van der Waals surface area contributed by atoms with Gasteiger partial charge in [-0.1, -0.05) is 20.3 Å². The summed E-state index contributed by atoms with van der Waals surface area (Å²) in [5.41, 5.74) is 0. The molecule has 0 bridgehead atoms. The van der Waals surface area contributed by atoms with Crippen LogP contribution in [-0.2, 0) is 9.59 Å². The second-order valence-corrected chi connectivity index (χ2v) is 5.28. The number of carboxylic acids is 2. The van der Waals surface area contributed by atoms with Crippen LogP contribution in [0.5, 0.6) is 0 Å². The summed E-state index contributed by atoms with van der Waals surface area (Å²) < 4.78 is 0. The van der Waals surface area contributed by atoms with Crippen molar-refractivity contribution in [2.75, 3.05) is 0 Å². The van der Waals surface area contributed by atoms with E-state index in [9.17, 15) is 9.59 Å². The second-order valence-electron chi connectivity index (χ2n) is 5.28. The van der Waals surface area contributed by atoms with Gasteiger partial charge < -0.3 is 40.9 Å². The van der Waals surface area contributed by atoms with Gasteiger partial charge in [0.25, 0.3) is 0 Å². The Balaban J connectivity index is 0. The molecule has 10 heteroatoms. The molecule has 0 aromatic heterocycles. The molecule has 0 aromatic carbocycles. The van der Waals surface area contributed by atoms with Crippen molar-refractivity contribution in [3.05, 3.63) is 0 Å². The number of aliphatic carboxylic acids is 2. The lowest BCUT2D eigenvalue weighted by Gasteiger charge is -2.19. The van der Waals surface area contributed by atoms with Crippen molar-refractivity contribution in [1.82, 2.24) is 0 Å². The van der Waals surface area contributed by atoms with Crippen LogP contribution in [0.15, 0.2) is 0 Å². The van der Waals surface area contributed by atoms with E-state index in [2.05, 4.69) is 0 Å². The van der Waals surface area contributed by atoms with Gasteiger partial charge in [-0.15, -0.1) is 0 Å². The zero-order valence-corrected chi connectivity index (χ0v) is 13.7. The van der Waals surface area contributed by atoms with Crippen molar-refractivity contribution in [3.8, 4) is 0 Å². The molecule has 6 atom stereocenters. The van der Waals surface area contributed by atoms with Gasteiger partial charge in [0.05, 0.1) is 18.3 Å². The van der Waals surface area contributed by atoms with Gasteiger partial charge in [-0.25, -0.2) is 9.59 Å². The molecule has 144 valence electrons. The van der Waals surface area contributed by atoms with Crippen LogP contribution in [0.2, 0.25) is 0 Å². The maximum atomic E-state index is 10.1. The van der Waals surface area contributed by atoms with Crippen molar-refractivity contribution in [3.63, 3.8) is 0 Å². The van der Waals surface area contributed by atoms with Crippen molar-refractivity contribution < 1.29 is 50.4 Å². The van der Waals surface area contributed by atoms with Crippen molar-refractivity contribution in [2.45, 2.75) is 76.2 Å². The van der Waals surface area contributed by atoms with Crippen molar-refractivity contribution >= 4 is 11.9 Å². The van der Waals surface area contributed by atoms with E-state index in [1.165, 1.54) is 0 Å². The Morgan fingerprint density at radius 3 is 1.58 bits per heavy atom. The molecule has 0 fully saturated rings. The Labute approximate surface area is 139 Å². The highest BCUT2D eigenvalue weighted by atomic mass is 16.4. The first kappa shape index (κ1) is 24.9. The summed E-state index contributed by atoms with van der Waals surface area (Å²) in [6, 6.07) is 0. The second kappa shape index (κ2) is 13.0. The number of carboxylic acid groups (broad SMARTS) is 2. The number of hydrogen-bond donors (Lipinski definition) is 8. The van der Waals surface area contributed by atoms with E-state index in [1.54, 1.807) is 13.8 Å². The molecule has 0 amide bonds. The normalized spacial score (nSPS) is 18.3. The van der Waals surface area contributed by atoms with E-state index in [-0.39, 0.29) is 12.8 Å². The molecule has 0 spiro atoms. The largest absolute Gasteiger partial charge is 0.479 e. The molecule has 0 radical (unpaired) electrons. The summed E-state index contributed by atoms with van der Waals surface area (Å²) in [6.45, 7) is 3.48. The van der Waals surface area contributed by atoms with Gasteiger partial charge in [-0.3, -0.25) is 0 Å². The lowest BCUT2D eigenvalue weighted by molar-refractivity contribution is -0.158. The number of aliphatic hydroxyl groups excluding tert-OH is 6. The molecule has 0 aromatic rings. The maximum Gasteiger partial charge on any atom is 0.335 e. The molecule has 8 N–H and O–H groups in total. The Hall–Kier alpha value is -1.30. The molecule has 24 heavy (non-hydrogen) atoms. The molecule has 0 aliphatic carbocycles. The Morgan fingerprint density at radius 1 is 0.792 bits per heavy atom. The minimum Gasteiger partial charge on any atom is -0.479 e. The van der Waals surface area contributed by atoms with Crippen LogP contribution in [0.3, 0.4) is 0 Å². The predicted octanol–water partition coefficient (Wildman–Crippen LogP) is -2.09. The predicted molar refractivity (Wildman–Crippen MR) is 81.1 cm³/mol. The molecule has 0 saturated heterocycles. The van der Waals surface area contributed by atoms with Crippen LogP contribution >= 0.6 is 0 Å². The fourth-order valence-electron chi connectivity index (χ4n) is 1.56. The molecule has 0 heterocycles. The highest BCUT2D eigenvalue weighted by Crippen LogP contribution is 2.06. The first-order valence-electron chi connectivity index (χ1n) is 7.53. The number of aliphatic hydroxyl groups is 6. The third-order valence-corrected chi connectivity index (χ3v) is 3.16. The molecular formula is C14H28O10. The fraction of sp³-hybridized carbons (Fsp3) is 0.857. The van der Waals surface area contributed by atoms with Crippen molar-refractivity contribution in [2.24, 2.45) is 0 Å². The van der Waals surface area contributed by atoms with Crippen LogP contribution < -0.4 is 0 Å². The molecule has 10 nitrogen and oxygen atoms in total. The SMILES string of the molecule is CCC(O)CC(O)C(O)C(=O)O.CCCC(O)C(O)C(O)C(=O)O. The van der Waals surface area contributed by atoms with Gasteiger partial charge in [-0.05, 0) is 12.8 Å². The van der Waals surface area contributed by atoms with E-state index in [4.69, 9.17) is 40.9 Å². The molecule has 6 unspecified atom stereocenters. The van der Waals surface area contributed by atoms with Crippen molar-refractivity contribution in [1.29, 1.82) is 0 Å².